The highest BCUT2D eigenvalue weighted by Gasteiger charge is 2.47. The van der Waals surface area contributed by atoms with Crippen molar-refractivity contribution in [3.8, 4) is 33.4 Å². The highest BCUT2D eigenvalue weighted by Crippen LogP contribution is 2.52. The van der Waals surface area contributed by atoms with Gasteiger partial charge >= 0.3 is 0 Å². The van der Waals surface area contributed by atoms with Gasteiger partial charge in [-0.2, -0.15) is 0 Å². The van der Waals surface area contributed by atoms with Gasteiger partial charge in [0.15, 0.2) is 0 Å². The maximum absolute atomic E-state index is 9.26. The van der Waals surface area contributed by atoms with Crippen LogP contribution in [0.25, 0.3) is 33.4 Å². The number of fused-ring (bicyclic) bond motifs is 5. The molecule has 0 unspecified atom stereocenters. The average molecular weight is 944 g/mol. The predicted octanol–water partition coefficient (Wildman–Crippen LogP) is 17.3. The van der Waals surface area contributed by atoms with Crippen molar-refractivity contribution in [3.05, 3.63) is 197 Å². The number of benzene rings is 8. The van der Waals surface area contributed by atoms with Crippen LogP contribution in [0.15, 0.2) is 164 Å². The van der Waals surface area contributed by atoms with Crippen molar-refractivity contribution < 1.29 is 4.11 Å². The molecule has 2 aliphatic heterocycles. The monoisotopic (exact) mass is 944 g/mol. The van der Waals surface area contributed by atoms with Gasteiger partial charge in [0.2, 0.25) is 0 Å². The first-order valence-electron chi connectivity index (χ1n) is 27.8. The smallest absolute Gasteiger partial charge is 0.252 e. The summed E-state index contributed by atoms with van der Waals surface area (Å²) in [6.45, 7) is 27.6. The van der Waals surface area contributed by atoms with Gasteiger partial charge in [-0.05, 0) is 191 Å². The fourth-order valence-electron chi connectivity index (χ4n) is 12.0. The molecule has 11 rings (SSSR count). The van der Waals surface area contributed by atoms with E-state index in [9.17, 15) is 4.11 Å². The maximum Gasteiger partial charge on any atom is 0.252 e. The molecule has 3 aliphatic rings. The van der Waals surface area contributed by atoms with Gasteiger partial charge in [-0.15, -0.1) is 0 Å². The van der Waals surface area contributed by atoms with Crippen molar-refractivity contribution in [3.63, 3.8) is 0 Å². The predicted molar refractivity (Wildman–Crippen MR) is 313 cm³/mol. The molecule has 0 radical (unpaired) electrons. The summed E-state index contributed by atoms with van der Waals surface area (Å²) in [5.74, 6) is 0. The van der Waals surface area contributed by atoms with Crippen LogP contribution in [0.3, 0.4) is 0 Å². The molecule has 362 valence electrons. The lowest BCUT2D eigenvalue weighted by Crippen LogP contribution is -2.62. The molecule has 2 nitrogen and oxygen atoms in total. The molecule has 0 fully saturated rings. The minimum Gasteiger partial charge on any atom is -0.311 e. The summed E-state index contributed by atoms with van der Waals surface area (Å²) in [6, 6.07) is 60.7. The fourth-order valence-corrected chi connectivity index (χ4v) is 12.0. The Morgan fingerprint density at radius 1 is 0.417 bits per heavy atom. The number of nitrogens with zero attached hydrogens (tertiary/aromatic N) is 2. The Hall–Kier alpha value is -6.58. The molecule has 0 N–H and O–H groups in total. The molecule has 0 saturated carbocycles. The Morgan fingerprint density at radius 2 is 0.889 bits per heavy atom. The molecule has 0 spiro atoms. The molecule has 0 saturated heterocycles. The highest BCUT2D eigenvalue weighted by atomic mass is 15.2. The first-order valence-corrected chi connectivity index (χ1v) is 26.3. The van der Waals surface area contributed by atoms with Gasteiger partial charge < -0.3 is 9.80 Å². The average Bonchev–Trinajstić information content (AvgIpc) is 3.39. The third kappa shape index (κ3) is 8.12. The Kier molecular flexibility index (Phi) is 10.3. The minimum atomic E-state index is -2.40. The van der Waals surface area contributed by atoms with E-state index >= 15 is 0 Å². The third-order valence-corrected chi connectivity index (χ3v) is 16.5. The summed E-state index contributed by atoms with van der Waals surface area (Å²) >= 11 is 0. The van der Waals surface area contributed by atoms with E-state index in [0.717, 1.165) is 85.8 Å². The van der Waals surface area contributed by atoms with E-state index in [4.69, 9.17) is 0 Å². The van der Waals surface area contributed by atoms with Crippen LogP contribution < -0.4 is 26.2 Å². The zero-order valence-electron chi connectivity index (χ0n) is 48.0. The van der Waals surface area contributed by atoms with Crippen LogP contribution in [0, 0.1) is 6.85 Å². The zero-order chi connectivity index (χ0) is 53.4. The lowest BCUT2D eigenvalue weighted by molar-refractivity contribution is 0.332. The van der Waals surface area contributed by atoms with Crippen LogP contribution in [0.4, 0.5) is 34.1 Å². The Balaban J connectivity index is 1.30. The summed E-state index contributed by atoms with van der Waals surface area (Å²) in [6.07, 6.45) is 2.16. The number of hydrogen-bond donors (Lipinski definition) is 0. The fraction of sp³-hybridized carbons (Fsp3) is 0.304. The summed E-state index contributed by atoms with van der Waals surface area (Å²) in [4.78, 5) is 4.85. The Morgan fingerprint density at radius 3 is 1.43 bits per heavy atom. The first kappa shape index (κ1) is 44.2. The van der Waals surface area contributed by atoms with E-state index in [0.29, 0.717) is 5.56 Å². The van der Waals surface area contributed by atoms with Crippen molar-refractivity contribution in [2.24, 2.45) is 0 Å². The molecule has 0 bridgehead atoms. The third-order valence-electron chi connectivity index (χ3n) is 16.5. The van der Waals surface area contributed by atoms with Gasteiger partial charge in [-0.25, -0.2) is 0 Å². The molecular weight excluding hydrogens is 868 g/mol. The number of rotatable bonds is 5. The summed E-state index contributed by atoms with van der Waals surface area (Å²) < 4.78 is 27.8. The quantitative estimate of drug-likeness (QED) is 0.159. The largest absolute Gasteiger partial charge is 0.311 e. The lowest BCUT2D eigenvalue weighted by atomic mass is 9.33. The van der Waals surface area contributed by atoms with Crippen LogP contribution in [0.1, 0.15) is 140 Å². The Labute approximate surface area is 436 Å². The van der Waals surface area contributed by atoms with Gasteiger partial charge in [-0.3, -0.25) is 0 Å². The molecule has 0 aromatic heterocycles. The molecule has 1 aliphatic carbocycles. The van der Waals surface area contributed by atoms with Gasteiger partial charge in [-0.1, -0.05) is 187 Å². The van der Waals surface area contributed by atoms with Crippen molar-refractivity contribution >= 4 is 57.2 Å². The molecule has 8 aromatic rings. The van der Waals surface area contributed by atoms with Crippen LogP contribution in [0.5, 0.6) is 0 Å². The molecular formula is C69H73BN2. The molecule has 3 heteroatoms. The van der Waals surface area contributed by atoms with Crippen molar-refractivity contribution in [1.29, 1.82) is 0 Å². The maximum atomic E-state index is 9.26. The number of aryl methyl sites for hydroxylation is 1. The topological polar surface area (TPSA) is 6.48 Å². The molecule has 72 heavy (non-hydrogen) atoms. The SMILES string of the molecule is [2H]C([2H])([2H])c1cc2c3c(c1)N(c1ccc(C(C)(C)C)cc1-c1cc(-c4ccccc4)cc(-c4ccccc4)c1)c1cc4c(cc1B3c1cc(C(C)(C)C)ccc1N2c1ccc(C(C)(C)C)cc1)C(C)(C)CCC4(C)C. The van der Waals surface area contributed by atoms with E-state index in [2.05, 4.69) is 251 Å². The minimum absolute atomic E-state index is 0.0419. The molecule has 0 atom stereocenters. The van der Waals surface area contributed by atoms with E-state index in [1.54, 1.807) is 0 Å². The number of hydrogen-bond acceptors (Lipinski definition) is 2. The molecule has 0 amide bonds. The van der Waals surface area contributed by atoms with Crippen molar-refractivity contribution in [2.45, 2.75) is 137 Å². The summed E-state index contributed by atoms with van der Waals surface area (Å²) in [7, 11) is 0. The van der Waals surface area contributed by atoms with E-state index in [-0.39, 0.29) is 33.8 Å². The summed E-state index contributed by atoms with van der Waals surface area (Å²) in [5.41, 5.74) is 22.7. The lowest BCUT2D eigenvalue weighted by Gasteiger charge is -2.48. The normalized spacial score (nSPS) is 16.5. The Bertz CT molecular complexity index is 3470. The van der Waals surface area contributed by atoms with E-state index in [1.165, 1.54) is 38.7 Å². The van der Waals surface area contributed by atoms with E-state index in [1.807, 2.05) is 12.1 Å². The zero-order valence-corrected chi connectivity index (χ0v) is 45.0. The van der Waals surface area contributed by atoms with Crippen molar-refractivity contribution in [2.75, 3.05) is 9.80 Å². The summed E-state index contributed by atoms with van der Waals surface area (Å²) in [5, 5.41) is 0. The van der Waals surface area contributed by atoms with Gasteiger partial charge in [0.1, 0.15) is 0 Å². The van der Waals surface area contributed by atoms with Crippen LogP contribution in [-0.4, -0.2) is 6.71 Å². The standard InChI is InChI=1S/C69H73BN2/c1-44-35-62-64-63(36-44)72(59-31-27-51(66(5,6)7)40-54(59)49-38-47(45-21-17-15-18-22-45)37-48(39-49)46-23-19-16-20-24-46)61-43-56-55(68(11,12)33-34-69(56,13)14)42-58(61)70(64)57-41-52(67(8,9)10)28-32-60(57)71(62)53-29-25-50(26-30-53)65(2,3)4/h15-32,35-43H,33-34H2,1-14H3/i1D3. The van der Waals surface area contributed by atoms with Crippen molar-refractivity contribution in [1.82, 2.24) is 0 Å². The van der Waals surface area contributed by atoms with Crippen LogP contribution in [0.2, 0.25) is 0 Å². The highest BCUT2D eigenvalue weighted by molar-refractivity contribution is 7.00. The molecule has 8 aromatic carbocycles. The molecule has 2 heterocycles. The van der Waals surface area contributed by atoms with Crippen LogP contribution >= 0.6 is 0 Å². The van der Waals surface area contributed by atoms with Gasteiger partial charge in [0, 0.05) is 38.1 Å². The van der Waals surface area contributed by atoms with Gasteiger partial charge in [0.05, 0.1) is 5.69 Å². The second-order valence-corrected chi connectivity index (χ2v) is 25.6. The first-order chi connectivity index (χ1) is 35.2. The van der Waals surface area contributed by atoms with Gasteiger partial charge in [0.25, 0.3) is 6.71 Å². The number of anilines is 6. The van der Waals surface area contributed by atoms with Crippen LogP contribution in [-0.2, 0) is 27.1 Å². The second-order valence-electron chi connectivity index (χ2n) is 25.6. The second kappa shape index (κ2) is 16.7. The van der Waals surface area contributed by atoms with E-state index < -0.39 is 6.85 Å².